The van der Waals surface area contributed by atoms with E-state index in [1.54, 1.807) is 4.90 Å². The topological polar surface area (TPSA) is 37.3 Å². The molecule has 5 rings (SSSR count). The second-order valence-electron chi connectivity index (χ2n) is 7.90. The van der Waals surface area contributed by atoms with Crippen LogP contribution in [0, 0.1) is 11.6 Å². The van der Waals surface area contributed by atoms with Gasteiger partial charge in [0.25, 0.3) is 0 Å². The fraction of sp³-hybridized carbons (Fsp3) is 0.348. The highest BCUT2D eigenvalue weighted by atomic mass is 32.1. The van der Waals surface area contributed by atoms with Crippen LogP contribution in [0.4, 0.5) is 19.3 Å². The molecule has 4 nitrogen and oxygen atoms in total. The third kappa shape index (κ3) is 3.12. The molecule has 1 aliphatic heterocycles. The number of fused-ring (bicyclic) bond motifs is 5. The van der Waals surface area contributed by atoms with Crippen molar-refractivity contribution in [2.75, 3.05) is 5.32 Å². The molecule has 0 spiro atoms. The summed E-state index contributed by atoms with van der Waals surface area (Å²) in [7, 11) is 0. The highest BCUT2D eigenvalue weighted by Gasteiger charge is 2.34. The average Bonchev–Trinajstić information content (AvgIpc) is 3.32. The van der Waals surface area contributed by atoms with Crippen LogP contribution in [0.2, 0.25) is 0 Å². The lowest BCUT2D eigenvalue weighted by Gasteiger charge is -2.30. The molecule has 7 heteroatoms. The summed E-state index contributed by atoms with van der Waals surface area (Å²) in [5.41, 5.74) is 3.63. The van der Waals surface area contributed by atoms with E-state index in [4.69, 9.17) is 0 Å². The first-order chi connectivity index (χ1) is 14.6. The maximum Gasteiger partial charge on any atom is 0.322 e. The number of hydrogen-bond donors (Lipinski definition) is 1. The molecule has 2 aliphatic rings. The fourth-order valence-electron chi connectivity index (χ4n) is 4.69. The van der Waals surface area contributed by atoms with Crippen molar-refractivity contribution in [3.05, 3.63) is 69.9 Å². The predicted octanol–water partition coefficient (Wildman–Crippen LogP) is 6.19. The molecule has 0 saturated heterocycles. The number of urea groups is 1. The first-order valence-electron chi connectivity index (χ1n) is 10.4. The van der Waals surface area contributed by atoms with E-state index in [0.29, 0.717) is 6.54 Å². The number of aromatic nitrogens is 1. The van der Waals surface area contributed by atoms with Gasteiger partial charge in [0.2, 0.25) is 0 Å². The van der Waals surface area contributed by atoms with Gasteiger partial charge in [-0.1, -0.05) is 6.92 Å². The van der Waals surface area contributed by atoms with Gasteiger partial charge in [0.1, 0.15) is 16.6 Å². The van der Waals surface area contributed by atoms with E-state index in [-0.39, 0.29) is 17.8 Å². The van der Waals surface area contributed by atoms with Crippen molar-refractivity contribution < 1.29 is 13.6 Å². The van der Waals surface area contributed by atoms with Gasteiger partial charge in [-0.15, -0.1) is 11.3 Å². The predicted molar refractivity (Wildman–Crippen MR) is 114 cm³/mol. The van der Waals surface area contributed by atoms with E-state index in [1.165, 1.54) is 39.9 Å². The van der Waals surface area contributed by atoms with Gasteiger partial charge >= 0.3 is 6.03 Å². The summed E-state index contributed by atoms with van der Waals surface area (Å²) in [6.07, 6.45) is 7.31. The van der Waals surface area contributed by atoms with Crippen molar-refractivity contribution in [1.29, 1.82) is 0 Å². The van der Waals surface area contributed by atoms with Crippen LogP contribution in [0.5, 0.6) is 0 Å². The third-order valence-corrected chi connectivity index (χ3v) is 7.46. The number of carbonyl (C=O) groups excluding carboxylic acids is 1. The molecule has 1 N–H and O–H groups in total. The molecule has 0 unspecified atom stereocenters. The number of halogens is 2. The molecular formula is C23H23F2N3OS. The Morgan fingerprint density at radius 2 is 2.03 bits per heavy atom. The average molecular weight is 428 g/mol. The second-order valence-corrected chi connectivity index (χ2v) is 8.99. The van der Waals surface area contributed by atoms with Crippen molar-refractivity contribution in [3.8, 4) is 5.00 Å². The number of carbonyl (C=O) groups is 1. The zero-order chi connectivity index (χ0) is 20.8. The molecule has 2 aromatic heterocycles. The lowest BCUT2D eigenvalue weighted by molar-refractivity contribution is 0.181. The van der Waals surface area contributed by atoms with Gasteiger partial charge in [-0.2, -0.15) is 0 Å². The van der Waals surface area contributed by atoms with Crippen LogP contribution < -0.4 is 5.32 Å². The molecule has 0 bridgehead atoms. The Hall–Kier alpha value is -2.67. The zero-order valence-corrected chi connectivity index (χ0v) is 17.6. The van der Waals surface area contributed by atoms with Crippen molar-refractivity contribution in [1.82, 2.24) is 9.47 Å². The zero-order valence-electron chi connectivity index (χ0n) is 16.8. The Labute approximate surface area is 178 Å². The molecular weight excluding hydrogens is 404 g/mol. The minimum absolute atomic E-state index is 0.0107. The Kier molecular flexibility index (Phi) is 4.85. The maximum absolute atomic E-state index is 14.2. The first kappa shape index (κ1) is 19.3. The number of nitrogens with one attached hydrogen (secondary N) is 1. The van der Waals surface area contributed by atoms with Crippen LogP contribution in [0.15, 0.2) is 36.5 Å². The second kappa shape index (κ2) is 7.54. The largest absolute Gasteiger partial charge is 0.322 e. The van der Waals surface area contributed by atoms with Gasteiger partial charge in [0, 0.05) is 28.4 Å². The molecule has 3 aromatic rings. The molecule has 1 aromatic carbocycles. The summed E-state index contributed by atoms with van der Waals surface area (Å²) in [5, 5.41) is 3.86. The Balaban J connectivity index is 1.56. The molecule has 0 radical (unpaired) electrons. The van der Waals surface area contributed by atoms with E-state index in [1.807, 2.05) is 17.4 Å². The van der Waals surface area contributed by atoms with Gasteiger partial charge in [-0.05, 0) is 61.9 Å². The van der Waals surface area contributed by atoms with Crippen LogP contribution in [0.1, 0.15) is 53.9 Å². The van der Waals surface area contributed by atoms with Crippen LogP contribution >= 0.6 is 11.3 Å². The van der Waals surface area contributed by atoms with E-state index in [2.05, 4.69) is 29.1 Å². The molecule has 3 heterocycles. The minimum atomic E-state index is -0.775. The van der Waals surface area contributed by atoms with Gasteiger partial charge in [-0.25, -0.2) is 13.6 Å². The summed E-state index contributed by atoms with van der Waals surface area (Å²) in [6, 6.07) is 6.76. The van der Waals surface area contributed by atoms with Gasteiger partial charge in [-0.3, -0.25) is 0 Å². The number of amides is 2. The summed E-state index contributed by atoms with van der Waals surface area (Å²) >= 11 is 1.84. The van der Waals surface area contributed by atoms with Gasteiger partial charge < -0.3 is 14.8 Å². The number of anilines is 1. The fourth-order valence-corrected chi connectivity index (χ4v) is 6.09. The van der Waals surface area contributed by atoms with Crippen molar-refractivity contribution in [3.63, 3.8) is 0 Å². The molecule has 0 saturated carbocycles. The third-order valence-electron chi connectivity index (χ3n) is 6.12. The lowest BCUT2D eigenvalue weighted by Crippen LogP contribution is -2.37. The van der Waals surface area contributed by atoms with Crippen molar-refractivity contribution >= 4 is 23.1 Å². The normalized spacial score (nSPS) is 17.7. The van der Waals surface area contributed by atoms with Gasteiger partial charge in [0.05, 0.1) is 18.3 Å². The van der Waals surface area contributed by atoms with Crippen LogP contribution in [0.25, 0.3) is 5.00 Å². The number of aryl methyl sites for hydroxylation is 1. The molecule has 30 heavy (non-hydrogen) atoms. The molecule has 1 aliphatic carbocycles. The number of rotatable bonds is 2. The smallest absolute Gasteiger partial charge is 0.312 e. The standard InChI is InChI=1S/C23H23F2N3OS/c1-2-19-20-7-5-11-27(20)22-16(15-6-3-4-8-21(15)30-22)13-28(19)23(29)26-18-10-9-14(24)12-17(18)25/h5,7,9-12,19H,2-4,6,8,13H2,1H3,(H,26,29)/t19-/m1/s1. The van der Waals surface area contributed by atoms with E-state index < -0.39 is 11.6 Å². The molecule has 0 fully saturated rings. The van der Waals surface area contributed by atoms with Crippen LogP contribution in [0.3, 0.4) is 0 Å². The van der Waals surface area contributed by atoms with E-state index in [0.717, 1.165) is 37.1 Å². The highest BCUT2D eigenvalue weighted by molar-refractivity contribution is 7.15. The lowest BCUT2D eigenvalue weighted by atomic mass is 9.95. The molecule has 2 amide bonds. The molecule has 156 valence electrons. The minimum Gasteiger partial charge on any atom is -0.312 e. The van der Waals surface area contributed by atoms with Crippen molar-refractivity contribution in [2.45, 2.75) is 51.6 Å². The SMILES string of the molecule is CC[C@@H]1c2cccn2-c2sc3c(c2CN1C(=O)Nc1ccc(F)cc1F)CCCC3. The summed E-state index contributed by atoms with van der Waals surface area (Å²) in [6.45, 7) is 2.53. The van der Waals surface area contributed by atoms with E-state index in [9.17, 15) is 13.6 Å². The van der Waals surface area contributed by atoms with Crippen molar-refractivity contribution in [2.24, 2.45) is 0 Å². The van der Waals surface area contributed by atoms with Crippen LogP contribution in [-0.4, -0.2) is 15.5 Å². The van der Waals surface area contributed by atoms with Gasteiger partial charge in [0.15, 0.2) is 0 Å². The van der Waals surface area contributed by atoms with E-state index >= 15 is 0 Å². The Bertz CT molecular complexity index is 1120. The molecule has 1 atom stereocenters. The number of benzene rings is 1. The maximum atomic E-state index is 14.2. The monoisotopic (exact) mass is 427 g/mol. The highest BCUT2D eigenvalue weighted by Crippen LogP contribution is 2.43. The number of nitrogens with zero attached hydrogens (tertiary/aromatic N) is 2. The number of hydrogen-bond acceptors (Lipinski definition) is 2. The van der Waals surface area contributed by atoms with Crippen LogP contribution in [-0.2, 0) is 19.4 Å². The first-order valence-corrected chi connectivity index (χ1v) is 11.2. The summed E-state index contributed by atoms with van der Waals surface area (Å²) in [4.78, 5) is 16.5. The Morgan fingerprint density at radius 1 is 1.20 bits per heavy atom. The number of thiophene rings is 1. The summed E-state index contributed by atoms with van der Waals surface area (Å²) < 4.78 is 29.7. The summed E-state index contributed by atoms with van der Waals surface area (Å²) in [5.74, 6) is -1.44. The Morgan fingerprint density at radius 3 is 2.83 bits per heavy atom. The quantitative estimate of drug-likeness (QED) is 0.520.